The van der Waals surface area contributed by atoms with Gasteiger partial charge in [0.15, 0.2) is 5.58 Å². The van der Waals surface area contributed by atoms with E-state index in [1.165, 1.54) is 20.3 Å². The Morgan fingerprint density at radius 2 is 1.67 bits per heavy atom. The maximum Gasteiger partial charge on any atom is 0.355 e. The van der Waals surface area contributed by atoms with Crippen molar-refractivity contribution in [3.63, 3.8) is 0 Å². The number of anilines is 1. The van der Waals surface area contributed by atoms with Crippen molar-refractivity contribution >= 4 is 28.7 Å². The molecule has 0 radical (unpaired) electrons. The molecule has 0 bridgehead atoms. The fraction of sp³-hybridized carbons (Fsp3) is 0.0870. The van der Waals surface area contributed by atoms with E-state index in [0.717, 1.165) is 5.52 Å². The SMILES string of the molecule is COC(=O)C1=C(C(=O)OC)N(c2ccccc2-c2nc3ccccc3o2)C=CC=C1. The quantitative estimate of drug-likeness (QED) is 0.611. The van der Waals surface area contributed by atoms with Crippen LogP contribution in [-0.2, 0) is 19.1 Å². The Morgan fingerprint density at radius 1 is 0.933 bits per heavy atom. The Kier molecular flexibility index (Phi) is 5.17. The van der Waals surface area contributed by atoms with Crippen molar-refractivity contribution in [2.45, 2.75) is 0 Å². The second-order valence-corrected chi connectivity index (χ2v) is 6.32. The minimum atomic E-state index is -0.682. The predicted molar refractivity (Wildman–Crippen MR) is 111 cm³/mol. The van der Waals surface area contributed by atoms with E-state index in [9.17, 15) is 9.59 Å². The van der Waals surface area contributed by atoms with Gasteiger partial charge in [-0.2, -0.15) is 0 Å². The van der Waals surface area contributed by atoms with Gasteiger partial charge in [-0.1, -0.05) is 30.3 Å². The number of fused-ring (bicyclic) bond motifs is 1. The number of ether oxygens (including phenoxy) is 2. The second-order valence-electron chi connectivity index (χ2n) is 6.32. The fourth-order valence-electron chi connectivity index (χ4n) is 3.20. The largest absolute Gasteiger partial charge is 0.465 e. The maximum absolute atomic E-state index is 12.7. The highest BCUT2D eigenvalue weighted by atomic mass is 16.5. The molecule has 2 heterocycles. The molecule has 0 spiro atoms. The molecule has 3 aromatic rings. The van der Waals surface area contributed by atoms with Crippen LogP contribution in [0.15, 0.2) is 88.6 Å². The first-order valence-electron chi connectivity index (χ1n) is 9.14. The molecule has 7 nitrogen and oxygen atoms in total. The topological polar surface area (TPSA) is 81.9 Å². The first-order chi connectivity index (χ1) is 14.6. The standard InChI is InChI=1S/C23H18N2O5/c1-28-22(26)16-10-7-8-14-25(20(16)23(27)29-2)18-12-5-3-9-15(18)21-24-17-11-4-6-13-19(17)30-21/h3-14H,1-2H3. The lowest BCUT2D eigenvalue weighted by Gasteiger charge is -2.24. The smallest absolute Gasteiger partial charge is 0.355 e. The number of carbonyl (C=O) groups excluding carboxylic acids is 2. The number of para-hydroxylation sites is 3. The fourth-order valence-corrected chi connectivity index (χ4v) is 3.20. The molecule has 2 aromatic carbocycles. The van der Waals surface area contributed by atoms with Crippen LogP contribution < -0.4 is 4.90 Å². The summed E-state index contributed by atoms with van der Waals surface area (Å²) in [5, 5.41) is 0. The zero-order chi connectivity index (χ0) is 21.1. The number of benzene rings is 2. The van der Waals surface area contributed by atoms with Crippen molar-refractivity contribution in [1.82, 2.24) is 4.98 Å². The van der Waals surface area contributed by atoms with Crippen LogP contribution in [0, 0.1) is 0 Å². The van der Waals surface area contributed by atoms with Crippen LogP contribution in [0.3, 0.4) is 0 Å². The van der Waals surface area contributed by atoms with Gasteiger partial charge in [0.1, 0.15) is 11.2 Å². The lowest BCUT2D eigenvalue weighted by atomic mass is 10.1. The van der Waals surface area contributed by atoms with Crippen LogP contribution in [0.1, 0.15) is 0 Å². The molecule has 1 aliphatic rings. The maximum atomic E-state index is 12.7. The Morgan fingerprint density at radius 3 is 2.43 bits per heavy atom. The van der Waals surface area contributed by atoms with Crippen molar-refractivity contribution in [1.29, 1.82) is 0 Å². The lowest BCUT2D eigenvalue weighted by molar-refractivity contribution is -0.139. The zero-order valence-electron chi connectivity index (χ0n) is 16.4. The number of nitrogens with zero attached hydrogens (tertiary/aromatic N) is 2. The minimum Gasteiger partial charge on any atom is -0.465 e. The summed E-state index contributed by atoms with van der Waals surface area (Å²) in [6.45, 7) is 0. The monoisotopic (exact) mass is 402 g/mol. The van der Waals surface area contributed by atoms with E-state index >= 15 is 0 Å². The molecule has 0 fully saturated rings. The molecule has 0 amide bonds. The predicted octanol–water partition coefficient (Wildman–Crippen LogP) is 3.98. The number of carbonyl (C=O) groups is 2. The van der Waals surface area contributed by atoms with Gasteiger partial charge in [-0.3, -0.25) is 0 Å². The van der Waals surface area contributed by atoms with Gasteiger partial charge < -0.3 is 18.8 Å². The number of esters is 2. The summed E-state index contributed by atoms with van der Waals surface area (Å²) < 4.78 is 15.8. The van der Waals surface area contributed by atoms with E-state index in [-0.39, 0.29) is 11.3 Å². The van der Waals surface area contributed by atoms with Crippen LogP contribution in [0.5, 0.6) is 0 Å². The molecule has 1 aromatic heterocycles. The van der Waals surface area contributed by atoms with E-state index in [4.69, 9.17) is 13.9 Å². The van der Waals surface area contributed by atoms with Gasteiger partial charge in [-0.05, 0) is 36.4 Å². The van der Waals surface area contributed by atoms with E-state index in [2.05, 4.69) is 4.98 Å². The molecule has 0 saturated heterocycles. The molecule has 4 rings (SSSR count). The van der Waals surface area contributed by atoms with Crippen LogP contribution >= 0.6 is 0 Å². The molecule has 30 heavy (non-hydrogen) atoms. The van der Waals surface area contributed by atoms with E-state index < -0.39 is 11.9 Å². The van der Waals surface area contributed by atoms with Crippen molar-refractivity contribution in [2.24, 2.45) is 0 Å². The van der Waals surface area contributed by atoms with E-state index in [1.807, 2.05) is 42.5 Å². The number of aromatic nitrogens is 1. The van der Waals surface area contributed by atoms with Crippen molar-refractivity contribution < 1.29 is 23.5 Å². The van der Waals surface area contributed by atoms with Gasteiger partial charge in [0.05, 0.1) is 31.0 Å². The summed E-state index contributed by atoms with van der Waals surface area (Å²) in [6.07, 6.45) is 6.54. The van der Waals surface area contributed by atoms with Crippen molar-refractivity contribution in [2.75, 3.05) is 19.1 Å². The van der Waals surface area contributed by atoms with Crippen LogP contribution in [0.2, 0.25) is 0 Å². The highest BCUT2D eigenvalue weighted by molar-refractivity contribution is 6.06. The third kappa shape index (κ3) is 3.37. The van der Waals surface area contributed by atoms with Gasteiger partial charge in [-0.15, -0.1) is 0 Å². The summed E-state index contributed by atoms with van der Waals surface area (Å²) in [4.78, 5) is 31.2. The van der Waals surface area contributed by atoms with Crippen molar-refractivity contribution in [3.05, 3.63) is 84.2 Å². The first kappa shape index (κ1) is 19.2. The van der Waals surface area contributed by atoms with E-state index in [1.54, 1.807) is 29.3 Å². The number of allylic oxidation sites excluding steroid dienone is 2. The molecule has 7 heteroatoms. The van der Waals surface area contributed by atoms with Gasteiger partial charge >= 0.3 is 11.9 Å². The summed E-state index contributed by atoms with van der Waals surface area (Å²) in [5.74, 6) is -0.945. The zero-order valence-corrected chi connectivity index (χ0v) is 16.4. The van der Waals surface area contributed by atoms with Crippen LogP contribution in [0.4, 0.5) is 5.69 Å². The highest BCUT2D eigenvalue weighted by Gasteiger charge is 2.29. The number of methoxy groups -OCH3 is 2. The molecule has 150 valence electrons. The Balaban J connectivity index is 1.92. The van der Waals surface area contributed by atoms with Gasteiger partial charge in [0.2, 0.25) is 5.89 Å². The van der Waals surface area contributed by atoms with Gasteiger partial charge in [0.25, 0.3) is 0 Å². The lowest BCUT2D eigenvalue weighted by Crippen LogP contribution is -2.27. The average molecular weight is 402 g/mol. The Bertz CT molecular complexity index is 1190. The molecule has 0 N–H and O–H groups in total. The van der Waals surface area contributed by atoms with Crippen molar-refractivity contribution in [3.8, 4) is 11.5 Å². The highest BCUT2D eigenvalue weighted by Crippen LogP contribution is 2.36. The summed E-state index contributed by atoms with van der Waals surface area (Å²) >= 11 is 0. The van der Waals surface area contributed by atoms with E-state index in [0.29, 0.717) is 22.7 Å². The number of rotatable bonds is 4. The van der Waals surface area contributed by atoms with Gasteiger partial charge in [0, 0.05) is 6.20 Å². The molecular weight excluding hydrogens is 384 g/mol. The minimum absolute atomic E-state index is 0.0258. The molecular formula is C23H18N2O5. The molecule has 0 saturated carbocycles. The molecule has 0 atom stereocenters. The number of hydrogen-bond acceptors (Lipinski definition) is 7. The summed E-state index contributed by atoms with van der Waals surface area (Å²) in [5.41, 5.74) is 2.69. The Labute approximate surface area is 172 Å². The normalized spacial score (nSPS) is 13.5. The second kappa shape index (κ2) is 8.08. The molecule has 1 aliphatic heterocycles. The van der Waals surface area contributed by atoms with Crippen LogP contribution in [0.25, 0.3) is 22.6 Å². The third-order valence-corrected chi connectivity index (χ3v) is 4.58. The third-order valence-electron chi connectivity index (χ3n) is 4.58. The summed E-state index contributed by atoms with van der Waals surface area (Å²) in [7, 11) is 2.51. The van der Waals surface area contributed by atoms with Gasteiger partial charge in [-0.25, -0.2) is 14.6 Å². The summed E-state index contributed by atoms with van der Waals surface area (Å²) in [6, 6.07) is 14.7. The molecule has 0 unspecified atom stereocenters. The number of oxazole rings is 1. The van der Waals surface area contributed by atoms with Crippen LogP contribution in [-0.4, -0.2) is 31.1 Å². The average Bonchev–Trinajstić information content (AvgIpc) is 3.10. The first-order valence-corrected chi connectivity index (χ1v) is 9.14. The Hall–Kier alpha value is -4.13. The molecule has 0 aliphatic carbocycles. The number of hydrogen-bond donors (Lipinski definition) is 0.